The Morgan fingerprint density at radius 1 is 1.00 bits per heavy atom. The first-order chi connectivity index (χ1) is 7.46. The molecule has 1 aromatic rings. The van der Waals surface area contributed by atoms with E-state index in [1.54, 1.807) is 0 Å². The van der Waals surface area contributed by atoms with Gasteiger partial charge in [-0.05, 0) is 34.9 Å². The molecule has 0 radical (unpaired) electrons. The van der Waals surface area contributed by atoms with Crippen LogP contribution in [-0.2, 0) is 10.8 Å². The molecule has 0 unspecified atom stereocenters. The lowest BCUT2D eigenvalue weighted by atomic mass is 9.76. The molecule has 0 spiro atoms. The van der Waals surface area contributed by atoms with Crippen molar-refractivity contribution in [2.75, 3.05) is 0 Å². The van der Waals surface area contributed by atoms with Crippen LogP contribution in [0.5, 0.6) is 5.75 Å². The van der Waals surface area contributed by atoms with Gasteiger partial charge in [0.2, 0.25) is 0 Å². The molecule has 0 bridgehead atoms. The molecule has 0 aliphatic rings. The average molecular weight is 255 g/mol. The standard InChI is InChI=1S/C15H23ClO/c1-9-10(14(2,3)4)8-11(16)13(17)12(9)15(5,6)7/h8,17H,1-7H3. The van der Waals surface area contributed by atoms with Gasteiger partial charge in [0.15, 0.2) is 0 Å². The second kappa shape index (κ2) is 4.20. The molecule has 1 N–H and O–H groups in total. The third kappa shape index (κ3) is 2.77. The lowest BCUT2D eigenvalue weighted by molar-refractivity contribution is 0.443. The lowest BCUT2D eigenvalue weighted by Gasteiger charge is -2.30. The number of halogens is 1. The molecule has 1 nitrogen and oxygen atoms in total. The van der Waals surface area contributed by atoms with E-state index < -0.39 is 0 Å². The van der Waals surface area contributed by atoms with Gasteiger partial charge in [0, 0.05) is 5.56 Å². The predicted molar refractivity (Wildman–Crippen MR) is 75.3 cm³/mol. The molecular weight excluding hydrogens is 232 g/mol. The summed E-state index contributed by atoms with van der Waals surface area (Å²) in [7, 11) is 0. The van der Waals surface area contributed by atoms with Gasteiger partial charge in [-0.25, -0.2) is 0 Å². The molecule has 0 atom stereocenters. The first-order valence-corrected chi connectivity index (χ1v) is 6.37. The first-order valence-electron chi connectivity index (χ1n) is 5.99. The molecule has 1 rings (SSSR count). The summed E-state index contributed by atoms with van der Waals surface area (Å²) in [5, 5.41) is 10.6. The van der Waals surface area contributed by atoms with Gasteiger partial charge >= 0.3 is 0 Å². The fourth-order valence-corrected chi connectivity index (χ4v) is 2.64. The molecule has 0 saturated carbocycles. The Balaban J connectivity index is 3.67. The van der Waals surface area contributed by atoms with Crippen LogP contribution in [-0.4, -0.2) is 5.11 Å². The van der Waals surface area contributed by atoms with Crippen molar-refractivity contribution in [3.8, 4) is 5.75 Å². The van der Waals surface area contributed by atoms with Crippen LogP contribution in [0.25, 0.3) is 0 Å². The molecule has 1 aromatic carbocycles. The van der Waals surface area contributed by atoms with Gasteiger partial charge in [-0.1, -0.05) is 53.1 Å². The maximum atomic E-state index is 10.2. The monoisotopic (exact) mass is 254 g/mol. The van der Waals surface area contributed by atoms with Gasteiger partial charge in [0.25, 0.3) is 0 Å². The van der Waals surface area contributed by atoms with Crippen LogP contribution in [0.4, 0.5) is 0 Å². The van der Waals surface area contributed by atoms with E-state index in [-0.39, 0.29) is 16.6 Å². The van der Waals surface area contributed by atoms with Crippen molar-refractivity contribution in [1.29, 1.82) is 0 Å². The van der Waals surface area contributed by atoms with Crippen LogP contribution in [0.2, 0.25) is 5.02 Å². The van der Waals surface area contributed by atoms with Gasteiger partial charge in [0.05, 0.1) is 5.02 Å². The SMILES string of the molecule is Cc1c(C(C)(C)C)cc(Cl)c(O)c1C(C)(C)C. The van der Waals surface area contributed by atoms with Gasteiger partial charge < -0.3 is 5.11 Å². The Morgan fingerprint density at radius 2 is 1.47 bits per heavy atom. The Labute approximate surface area is 110 Å². The number of hydrogen-bond acceptors (Lipinski definition) is 1. The van der Waals surface area contributed by atoms with Crippen LogP contribution in [0.1, 0.15) is 58.2 Å². The zero-order chi connectivity index (χ0) is 13.6. The van der Waals surface area contributed by atoms with Crippen LogP contribution in [0.3, 0.4) is 0 Å². The van der Waals surface area contributed by atoms with E-state index in [1.165, 1.54) is 5.56 Å². The summed E-state index contributed by atoms with van der Waals surface area (Å²) in [6, 6.07) is 1.89. The van der Waals surface area contributed by atoms with Crippen molar-refractivity contribution >= 4 is 11.6 Å². The fraction of sp³-hybridized carbons (Fsp3) is 0.600. The third-order valence-corrected chi connectivity index (χ3v) is 3.36. The highest BCUT2D eigenvalue weighted by atomic mass is 35.5. The number of phenols is 1. The Kier molecular flexibility index (Phi) is 3.55. The summed E-state index contributed by atoms with van der Waals surface area (Å²) in [5.74, 6) is 0.227. The van der Waals surface area contributed by atoms with Crippen molar-refractivity contribution in [2.24, 2.45) is 0 Å². The van der Waals surface area contributed by atoms with E-state index in [9.17, 15) is 5.11 Å². The normalized spacial score (nSPS) is 12.9. The number of benzene rings is 1. The van der Waals surface area contributed by atoms with E-state index in [0.717, 1.165) is 11.1 Å². The van der Waals surface area contributed by atoms with Crippen LogP contribution in [0, 0.1) is 6.92 Å². The molecule has 0 aliphatic heterocycles. The number of rotatable bonds is 0. The summed E-state index contributed by atoms with van der Waals surface area (Å²) in [6.07, 6.45) is 0. The van der Waals surface area contributed by atoms with Crippen molar-refractivity contribution < 1.29 is 5.11 Å². The number of hydrogen-bond donors (Lipinski definition) is 1. The molecule has 2 heteroatoms. The summed E-state index contributed by atoms with van der Waals surface area (Å²) >= 11 is 6.15. The van der Waals surface area contributed by atoms with Gasteiger partial charge in [0.1, 0.15) is 5.75 Å². The summed E-state index contributed by atoms with van der Waals surface area (Å²) < 4.78 is 0. The van der Waals surface area contributed by atoms with Crippen molar-refractivity contribution in [3.05, 3.63) is 27.8 Å². The molecule has 0 aromatic heterocycles. The number of aromatic hydroxyl groups is 1. The van der Waals surface area contributed by atoms with E-state index in [0.29, 0.717) is 5.02 Å². The topological polar surface area (TPSA) is 20.2 Å². The quantitative estimate of drug-likeness (QED) is 0.695. The van der Waals surface area contributed by atoms with Gasteiger partial charge in [-0.2, -0.15) is 0 Å². The first kappa shape index (κ1) is 14.4. The lowest BCUT2D eigenvalue weighted by Crippen LogP contribution is -2.19. The second-order valence-electron chi connectivity index (χ2n) is 6.75. The van der Waals surface area contributed by atoms with E-state index in [2.05, 4.69) is 48.5 Å². The zero-order valence-corrected chi connectivity index (χ0v) is 12.7. The molecule has 0 heterocycles. The van der Waals surface area contributed by atoms with Gasteiger partial charge in [-0.3, -0.25) is 0 Å². The minimum Gasteiger partial charge on any atom is -0.506 e. The Morgan fingerprint density at radius 3 is 1.82 bits per heavy atom. The molecule has 17 heavy (non-hydrogen) atoms. The maximum absolute atomic E-state index is 10.2. The van der Waals surface area contributed by atoms with Crippen molar-refractivity contribution in [2.45, 2.75) is 59.3 Å². The maximum Gasteiger partial charge on any atom is 0.138 e. The largest absolute Gasteiger partial charge is 0.506 e. The Bertz CT molecular complexity index is 434. The van der Waals surface area contributed by atoms with E-state index in [4.69, 9.17) is 11.6 Å². The number of phenolic OH excluding ortho intramolecular Hbond substituents is 1. The van der Waals surface area contributed by atoms with Gasteiger partial charge in [-0.15, -0.1) is 0 Å². The third-order valence-electron chi connectivity index (χ3n) is 3.07. The van der Waals surface area contributed by atoms with Crippen LogP contribution < -0.4 is 0 Å². The highest BCUT2D eigenvalue weighted by Gasteiger charge is 2.27. The molecule has 96 valence electrons. The summed E-state index contributed by atoms with van der Waals surface area (Å²) in [4.78, 5) is 0. The van der Waals surface area contributed by atoms with E-state index in [1.807, 2.05) is 6.07 Å². The zero-order valence-electron chi connectivity index (χ0n) is 11.9. The molecule has 0 amide bonds. The van der Waals surface area contributed by atoms with Crippen LogP contribution >= 0.6 is 11.6 Å². The highest BCUT2D eigenvalue weighted by molar-refractivity contribution is 6.32. The van der Waals surface area contributed by atoms with Crippen molar-refractivity contribution in [3.63, 3.8) is 0 Å². The Hall–Kier alpha value is -0.690. The second-order valence-corrected chi connectivity index (χ2v) is 7.16. The highest BCUT2D eigenvalue weighted by Crippen LogP contribution is 2.42. The van der Waals surface area contributed by atoms with Crippen molar-refractivity contribution in [1.82, 2.24) is 0 Å². The molecule has 0 saturated heterocycles. The minimum absolute atomic E-state index is 0.0292. The van der Waals surface area contributed by atoms with E-state index >= 15 is 0 Å². The minimum atomic E-state index is -0.112. The predicted octanol–water partition coefficient (Wildman–Crippen LogP) is 4.95. The fourth-order valence-electron chi connectivity index (χ4n) is 2.43. The summed E-state index contributed by atoms with van der Waals surface area (Å²) in [6.45, 7) is 14.8. The average Bonchev–Trinajstić information content (AvgIpc) is 2.07. The smallest absolute Gasteiger partial charge is 0.138 e. The molecule has 0 fully saturated rings. The molecular formula is C15H23ClO. The summed E-state index contributed by atoms with van der Waals surface area (Å²) in [5.41, 5.74) is 3.22. The van der Waals surface area contributed by atoms with Crippen LogP contribution in [0.15, 0.2) is 6.07 Å². The molecule has 0 aliphatic carbocycles.